The van der Waals surface area contributed by atoms with E-state index in [4.69, 9.17) is 5.73 Å². The lowest BCUT2D eigenvalue weighted by atomic mass is 9.84. The second-order valence-electron chi connectivity index (χ2n) is 4.40. The van der Waals surface area contributed by atoms with Crippen molar-refractivity contribution in [1.29, 1.82) is 0 Å². The third-order valence-electron chi connectivity index (χ3n) is 3.29. The molecule has 2 rings (SSSR count). The maximum atomic E-state index is 5.88. The molecule has 2 N–H and O–H groups in total. The summed E-state index contributed by atoms with van der Waals surface area (Å²) in [4.78, 5) is 8.69. The molecule has 0 radical (unpaired) electrons. The first-order valence-electron chi connectivity index (χ1n) is 5.24. The molecule has 0 amide bonds. The fourth-order valence-corrected chi connectivity index (χ4v) is 2.45. The highest BCUT2D eigenvalue weighted by Gasteiger charge is 2.39. The van der Waals surface area contributed by atoms with E-state index in [0.717, 1.165) is 24.6 Å². The van der Waals surface area contributed by atoms with Crippen LogP contribution < -0.4 is 5.73 Å². The number of aromatic nitrogens is 2. The van der Waals surface area contributed by atoms with Crippen LogP contribution in [0.25, 0.3) is 0 Å². The van der Waals surface area contributed by atoms with Crippen molar-refractivity contribution in [1.82, 2.24) is 9.97 Å². The molecular weight excluding hydrogens is 174 g/mol. The van der Waals surface area contributed by atoms with E-state index in [1.807, 2.05) is 18.5 Å². The minimum Gasteiger partial charge on any atom is -0.329 e. The van der Waals surface area contributed by atoms with E-state index in [1.54, 1.807) is 0 Å². The van der Waals surface area contributed by atoms with E-state index in [0.29, 0.717) is 6.54 Å². The van der Waals surface area contributed by atoms with Crippen molar-refractivity contribution in [2.75, 3.05) is 6.54 Å². The molecular formula is C11H17N3. The third kappa shape index (κ3) is 1.52. The van der Waals surface area contributed by atoms with Gasteiger partial charge in [-0.3, -0.25) is 0 Å². The van der Waals surface area contributed by atoms with Gasteiger partial charge in [0.25, 0.3) is 0 Å². The number of rotatable bonds is 2. The summed E-state index contributed by atoms with van der Waals surface area (Å²) in [5, 5.41) is 0. The molecule has 0 spiro atoms. The van der Waals surface area contributed by atoms with Crippen molar-refractivity contribution in [3.63, 3.8) is 0 Å². The molecule has 1 aliphatic carbocycles. The first kappa shape index (κ1) is 9.59. The van der Waals surface area contributed by atoms with Crippen LogP contribution in [0.15, 0.2) is 18.5 Å². The number of nitrogens with two attached hydrogens (primary N) is 1. The van der Waals surface area contributed by atoms with Crippen molar-refractivity contribution in [3.05, 3.63) is 24.3 Å². The van der Waals surface area contributed by atoms with Gasteiger partial charge in [-0.25, -0.2) is 9.97 Å². The summed E-state index contributed by atoms with van der Waals surface area (Å²) in [5.41, 5.74) is 5.94. The van der Waals surface area contributed by atoms with Crippen molar-refractivity contribution < 1.29 is 0 Å². The van der Waals surface area contributed by atoms with Gasteiger partial charge in [0, 0.05) is 24.4 Å². The average molecular weight is 191 g/mol. The van der Waals surface area contributed by atoms with Gasteiger partial charge in [-0.05, 0) is 31.2 Å². The zero-order chi connectivity index (χ0) is 10.0. The standard InChI is InChI=1S/C11H17N3/c1-9-3-4-11(7-9,8-12)10-13-5-2-6-14-10/h2,5-6,9H,3-4,7-8,12H2,1H3. The van der Waals surface area contributed by atoms with Crippen LogP contribution in [0.3, 0.4) is 0 Å². The van der Waals surface area contributed by atoms with E-state index >= 15 is 0 Å². The highest BCUT2D eigenvalue weighted by atomic mass is 14.9. The highest BCUT2D eigenvalue weighted by Crippen LogP contribution is 2.41. The summed E-state index contributed by atoms with van der Waals surface area (Å²) in [6.07, 6.45) is 7.13. The van der Waals surface area contributed by atoms with Crippen LogP contribution in [-0.4, -0.2) is 16.5 Å². The summed E-state index contributed by atoms with van der Waals surface area (Å²) < 4.78 is 0. The monoisotopic (exact) mass is 191 g/mol. The molecule has 0 bridgehead atoms. The first-order valence-corrected chi connectivity index (χ1v) is 5.24. The molecule has 1 aromatic heterocycles. The minimum absolute atomic E-state index is 0.0562. The van der Waals surface area contributed by atoms with Gasteiger partial charge in [-0.15, -0.1) is 0 Å². The zero-order valence-electron chi connectivity index (χ0n) is 8.61. The molecule has 1 saturated carbocycles. The molecule has 2 unspecified atom stereocenters. The highest BCUT2D eigenvalue weighted by molar-refractivity contribution is 5.12. The Hall–Kier alpha value is -0.960. The summed E-state index contributed by atoms with van der Waals surface area (Å²) >= 11 is 0. The molecule has 1 heterocycles. The van der Waals surface area contributed by atoms with Crippen LogP contribution in [0.1, 0.15) is 32.0 Å². The van der Waals surface area contributed by atoms with Gasteiger partial charge in [0.15, 0.2) is 0 Å². The predicted molar refractivity (Wildman–Crippen MR) is 55.8 cm³/mol. The van der Waals surface area contributed by atoms with Crippen LogP contribution in [0.4, 0.5) is 0 Å². The van der Waals surface area contributed by atoms with Crippen molar-refractivity contribution >= 4 is 0 Å². The second-order valence-corrected chi connectivity index (χ2v) is 4.40. The number of hydrogen-bond donors (Lipinski definition) is 1. The lowest BCUT2D eigenvalue weighted by Crippen LogP contribution is -2.34. The molecule has 0 saturated heterocycles. The molecule has 1 aliphatic rings. The summed E-state index contributed by atoms with van der Waals surface area (Å²) in [6.45, 7) is 2.95. The Labute approximate surface area is 84.8 Å². The topological polar surface area (TPSA) is 51.8 Å². The smallest absolute Gasteiger partial charge is 0.135 e. The summed E-state index contributed by atoms with van der Waals surface area (Å²) in [7, 11) is 0. The summed E-state index contributed by atoms with van der Waals surface area (Å²) in [5.74, 6) is 1.69. The van der Waals surface area contributed by atoms with E-state index in [2.05, 4.69) is 16.9 Å². The lowest BCUT2D eigenvalue weighted by molar-refractivity contribution is 0.408. The quantitative estimate of drug-likeness (QED) is 0.770. The first-order chi connectivity index (χ1) is 6.77. The Morgan fingerprint density at radius 2 is 2.21 bits per heavy atom. The molecule has 0 aromatic carbocycles. The molecule has 3 nitrogen and oxygen atoms in total. The molecule has 2 atom stereocenters. The van der Waals surface area contributed by atoms with Crippen molar-refractivity contribution in [2.24, 2.45) is 11.7 Å². The largest absolute Gasteiger partial charge is 0.329 e. The second kappa shape index (κ2) is 3.65. The Kier molecular flexibility index (Phi) is 2.50. The Morgan fingerprint density at radius 3 is 2.71 bits per heavy atom. The fraction of sp³-hybridized carbons (Fsp3) is 0.636. The lowest BCUT2D eigenvalue weighted by Gasteiger charge is -2.25. The Bertz CT molecular complexity index is 299. The van der Waals surface area contributed by atoms with Crippen molar-refractivity contribution in [3.8, 4) is 0 Å². The van der Waals surface area contributed by atoms with Crippen LogP contribution in [0, 0.1) is 5.92 Å². The maximum Gasteiger partial charge on any atom is 0.135 e. The van der Waals surface area contributed by atoms with Gasteiger partial charge in [-0.2, -0.15) is 0 Å². The Morgan fingerprint density at radius 1 is 1.50 bits per heavy atom. The van der Waals surface area contributed by atoms with Gasteiger partial charge in [0.2, 0.25) is 0 Å². The van der Waals surface area contributed by atoms with E-state index in [9.17, 15) is 0 Å². The SMILES string of the molecule is CC1CCC(CN)(c2ncccn2)C1. The van der Waals surface area contributed by atoms with Crippen molar-refractivity contribution in [2.45, 2.75) is 31.6 Å². The minimum atomic E-state index is 0.0562. The molecule has 1 aromatic rings. The number of hydrogen-bond acceptors (Lipinski definition) is 3. The van der Waals surface area contributed by atoms with Gasteiger partial charge < -0.3 is 5.73 Å². The molecule has 0 aliphatic heterocycles. The maximum absolute atomic E-state index is 5.88. The van der Waals surface area contributed by atoms with Crippen LogP contribution in [-0.2, 0) is 5.41 Å². The normalized spacial score (nSPS) is 32.0. The Balaban J connectivity index is 2.30. The van der Waals surface area contributed by atoms with Gasteiger partial charge >= 0.3 is 0 Å². The van der Waals surface area contributed by atoms with Gasteiger partial charge in [0.05, 0.1) is 0 Å². The third-order valence-corrected chi connectivity index (χ3v) is 3.29. The molecule has 76 valence electrons. The average Bonchev–Trinajstić information content (AvgIpc) is 2.63. The fourth-order valence-electron chi connectivity index (χ4n) is 2.45. The summed E-state index contributed by atoms with van der Waals surface area (Å²) in [6, 6.07) is 1.85. The molecule has 1 fully saturated rings. The molecule has 14 heavy (non-hydrogen) atoms. The zero-order valence-corrected chi connectivity index (χ0v) is 8.61. The van der Waals surface area contributed by atoms with E-state index < -0.39 is 0 Å². The van der Waals surface area contributed by atoms with Crippen LogP contribution in [0.2, 0.25) is 0 Å². The van der Waals surface area contributed by atoms with Crippen LogP contribution >= 0.6 is 0 Å². The van der Waals surface area contributed by atoms with Gasteiger partial charge in [0.1, 0.15) is 5.82 Å². The van der Waals surface area contributed by atoms with Gasteiger partial charge in [-0.1, -0.05) is 6.92 Å². The van der Waals surface area contributed by atoms with E-state index in [1.165, 1.54) is 6.42 Å². The predicted octanol–water partition coefficient (Wildman–Crippen LogP) is 1.49. The molecule has 3 heteroatoms. The van der Waals surface area contributed by atoms with Crippen LogP contribution in [0.5, 0.6) is 0 Å². The van der Waals surface area contributed by atoms with E-state index in [-0.39, 0.29) is 5.41 Å². The number of nitrogens with zero attached hydrogens (tertiary/aromatic N) is 2.